The molecule has 7 heteroatoms. The van der Waals surface area contributed by atoms with E-state index in [4.69, 9.17) is 35.4 Å². The number of nitrogens with zero attached hydrogens (tertiary/aromatic N) is 2. The van der Waals surface area contributed by atoms with Gasteiger partial charge in [-0.15, -0.1) is 0 Å². The smallest absolute Gasteiger partial charge is 0.242 e. The first-order valence-electron chi connectivity index (χ1n) is 6.91. The van der Waals surface area contributed by atoms with Crippen LogP contribution in [-0.2, 0) is 11.3 Å². The fourth-order valence-electron chi connectivity index (χ4n) is 2.69. The van der Waals surface area contributed by atoms with Crippen molar-refractivity contribution in [1.82, 2.24) is 14.5 Å². The largest absolute Gasteiger partial charge is 0.341 e. The number of hydrogen-bond donors (Lipinski definition) is 1. The van der Waals surface area contributed by atoms with Gasteiger partial charge in [0, 0.05) is 13.1 Å². The van der Waals surface area contributed by atoms with Gasteiger partial charge in [0.05, 0.1) is 21.1 Å². The van der Waals surface area contributed by atoms with Gasteiger partial charge in [0.1, 0.15) is 6.54 Å². The summed E-state index contributed by atoms with van der Waals surface area (Å²) in [5, 5.41) is 0.923. The first-order valence-corrected chi connectivity index (χ1v) is 8.08. The molecular formula is C14H15Cl2N3OS. The van der Waals surface area contributed by atoms with Crippen LogP contribution in [-0.4, -0.2) is 33.4 Å². The molecule has 0 atom stereocenters. The normalized spacial score (nSPS) is 15.6. The average molecular weight is 344 g/mol. The minimum absolute atomic E-state index is 0.0952. The molecule has 1 fully saturated rings. The van der Waals surface area contributed by atoms with Crippen molar-refractivity contribution in [3.05, 3.63) is 26.9 Å². The zero-order chi connectivity index (χ0) is 15.0. The quantitative estimate of drug-likeness (QED) is 0.836. The molecule has 1 aliphatic rings. The third-order valence-corrected chi connectivity index (χ3v) is 4.86. The Hall–Kier alpha value is -1.04. The summed E-state index contributed by atoms with van der Waals surface area (Å²) in [6.07, 6.45) is 3.35. The lowest BCUT2D eigenvalue weighted by Crippen LogP contribution is -2.37. The molecule has 4 nitrogen and oxygen atoms in total. The number of nitrogens with one attached hydrogen (secondary N) is 1. The standard InChI is InChI=1S/C14H15Cl2N3OS/c15-9-6-11-12(7-10(9)16)19(14(21)17-11)8-13(20)18-4-2-1-3-5-18/h6-7H,1-5,8H2,(H,17,21). The second kappa shape index (κ2) is 5.99. The van der Waals surface area contributed by atoms with Crippen LogP contribution < -0.4 is 0 Å². The van der Waals surface area contributed by atoms with Crippen molar-refractivity contribution in [2.24, 2.45) is 0 Å². The van der Waals surface area contributed by atoms with Crippen LogP contribution in [0, 0.1) is 4.77 Å². The topological polar surface area (TPSA) is 41.0 Å². The monoisotopic (exact) mass is 343 g/mol. The fraction of sp³-hybridized carbons (Fsp3) is 0.429. The molecule has 1 amide bonds. The maximum Gasteiger partial charge on any atom is 0.242 e. The molecule has 1 aromatic carbocycles. The van der Waals surface area contributed by atoms with Gasteiger partial charge in [-0.2, -0.15) is 0 Å². The number of likely N-dealkylation sites (tertiary alicyclic amines) is 1. The lowest BCUT2D eigenvalue weighted by atomic mass is 10.1. The molecule has 2 aromatic rings. The van der Waals surface area contributed by atoms with Gasteiger partial charge in [-0.1, -0.05) is 23.2 Å². The highest BCUT2D eigenvalue weighted by molar-refractivity contribution is 7.71. The molecule has 1 aromatic heterocycles. The second-order valence-electron chi connectivity index (χ2n) is 5.24. The van der Waals surface area contributed by atoms with Gasteiger partial charge in [-0.25, -0.2) is 0 Å². The Morgan fingerprint density at radius 1 is 1.19 bits per heavy atom. The first kappa shape index (κ1) is 14.9. The van der Waals surface area contributed by atoms with E-state index in [2.05, 4.69) is 4.98 Å². The van der Waals surface area contributed by atoms with Crippen LogP contribution in [0.15, 0.2) is 12.1 Å². The predicted molar refractivity (Wildman–Crippen MR) is 87.6 cm³/mol. The number of carbonyl (C=O) groups excluding carboxylic acids is 1. The number of carbonyl (C=O) groups is 1. The molecule has 21 heavy (non-hydrogen) atoms. The Bertz CT molecular complexity index is 746. The Balaban J connectivity index is 1.93. The van der Waals surface area contributed by atoms with Crippen LogP contribution in [0.4, 0.5) is 0 Å². The average Bonchev–Trinajstić information content (AvgIpc) is 2.76. The Kier molecular flexibility index (Phi) is 4.24. The SMILES string of the molecule is O=C(Cn1c(=S)[nH]c2cc(Cl)c(Cl)cc21)N1CCCCC1. The van der Waals surface area contributed by atoms with Crippen molar-refractivity contribution in [2.75, 3.05) is 13.1 Å². The number of fused-ring (bicyclic) bond motifs is 1. The maximum absolute atomic E-state index is 12.4. The number of halogens is 2. The van der Waals surface area contributed by atoms with E-state index in [9.17, 15) is 4.79 Å². The van der Waals surface area contributed by atoms with E-state index >= 15 is 0 Å². The van der Waals surface area contributed by atoms with Crippen molar-refractivity contribution in [2.45, 2.75) is 25.8 Å². The molecule has 1 saturated heterocycles. The van der Waals surface area contributed by atoms with E-state index in [0.29, 0.717) is 14.8 Å². The number of amides is 1. The van der Waals surface area contributed by atoms with Gasteiger partial charge in [0.15, 0.2) is 4.77 Å². The second-order valence-corrected chi connectivity index (χ2v) is 6.44. The molecular weight excluding hydrogens is 329 g/mol. The lowest BCUT2D eigenvalue weighted by Gasteiger charge is -2.26. The number of rotatable bonds is 2. The van der Waals surface area contributed by atoms with Crippen LogP contribution in [0.1, 0.15) is 19.3 Å². The Labute approximate surface area is 137 Å². The van der Waals surface area contributed by atoms with Crippen molar-refractivity contribution < 1.29 is 4.79 Å². The number of piperidine rings is 1. The summed E-state index contributed by atoms with van der Waals surface area (Å²) >= 11 is 17.4. The summed E-state index contributed by atoms with van der Waals surface area (Å²) < 4.78 is 2.29. The summed E-state index contributed by atoms with van der Waals surface area (Å²) in [6, 6.07) is 3.48. The summed E-state index contributed by atoms with van der Waals surface area (Å²) in [6.45, 7) is 1.90. The molecule has 112 valence electrons. The molecule has 2 heterocycles. The van der Waals surface area contributed by atoms with Crippen LogP contribution in [0.5, 0.6) is 0 Å². The van der Waals surface area contributed by atoms with E-state index < -0.39 is 0 Å². The number of aromatic nitrogens is 2. The third-order valence-electron chi connectivity index (χ3n) is 3.82. The van der Waals surface area contributed by atoms with Gasteiger partial charge >= 0.3 is 0 Å². The van der Waals surface area contributed by atoms with Crippen molar-refractivity contribution >= 4 is 52.4 Å². The highest BCUT2D eigenvalue weighted by atomic mass is 35.5. The Morgan fingerprint density at radius 2 is 1.86 bits per heavy atom. The van der Waals surface area contributed by atoms with E-state index in [1.54, 1.807) is 16.7 Å². The molecule has 0 aliphatic carbocycles. The molecule has 1 N–H and O–H groups in total. The van der Waals surface area contributed by atoms with Gasteiger partial charge in [0.25, 0.3) is 0 Å². The zero-order valence-corrected chi connectivity index (χ0v) is 13.7. The fourth-order valence-corrected chi connectivity index (χ4v) is 3.28. The molecule has 3 rings (SSSR count). The first-order chi connectivity index (χ1) is 10.1. The highest BCUT2D eigenvalue weighted by Crippen LogP contribution is 2.27. The van der Waals surface area contributed by atoms with Crippen molar-refractivity contribution in [3.63, 3.8) is 0 Å². The van der Waals surface area contributed by atoms with Gasteiger partial charge in [-0.05, 0) is 43.6 Å². The number of benzene rings is 1. The molecule has 1 aliphatic heterocycles. The number of imidazole rings is 1. The van der Waals surface area contributed by atoms with Crippen molar-refractivity contribution in [1.29, 1.82) is 0 Å². The lowest BCUT2D eigenvalue weighted by molar-refractivity contribution is -0.132. The predicted octanol–water partition coefficient (Wildman–Crippen LogP) is 4.02. The summed E-state index contributed by atoms with van der Waals surface area (Å²) in [5.74, 6) is 0.0952. The number of aromatic amines is 1. The third kappa shape index (κ3) is 2.96. The Morgan fingerprint density at radius 3 is 2.57 bits per heavy atom. The summed E-state index contributed by atoms with van der Waals surface area (Å²) in [7, 11) is 0. The van der Waals surface area contributed by atoms with Gasteiger partial charge in [0.2, 0.25) is 5.91 Å². The van der Waals surface area contributed by atoms with Gasteiger partial charge in [-0.3, -0.25) is 4.79 Å². The minimum Gasteiger partial charge on any atom is -0.341 e. The zero-order valence-electron chi connectivity index (χ0n) is 11.4. The van der Waals surface area contributed by atoms with Crippen LogP contribution >= 0.6 is 35.4 Å². The van der Waals surface area contributed by atoms with Crippen LogP contribution in [0.3, 0.4) is 0 Å². The van der Waals surface area contributed by atoms with E-state index in [1.165, 1.54) is 6.42 Å². The summed E-state index contributed by atoms with van der Waals surface area (Å²) in [5.41, 5.74) is 1.60. The van der Waals surface area contributed by atoms with Gasteiger partial charge < -0.3 is 14.5 Å². The van der Waals surface area contributed by atoms with Crippen LogP contribution in [0.2, 0.25) is 10.0 Å². The maximum atomic E-state index is 12.4. The molecule has 0 saturated carbocycles. The molecule has 0 radical (unpaired) electrons. The molecule has 0 spiro atoms. The highest BCUT2D eigenvalue weighted by Gasteiger charge is 2.18. The van der Waals surface area contributed by atoms with Crippen molar-refractivity contribution in [3.8, 4) is 0 Å². The van der Waals surface area contributed by atoms with E-state index in [0.717, 1.165) is 37.0 Å². The number of H-pyrrole nitrogens is 1. The molecule has 0 unspecified atom stereocenters. The summed E-state index contributed by atoms with van der Waals surface area (Å²) in [4.78, 5) is 17.4. The van der Waals surface area contributed by atoms with E-state index in [1.807, 2.05) is 4.90 Å². The van der Waals surface area contributed by atoms with Crippen LogP contribution in [0.25, 0.3) is 11.0 Å². The number of hydrogen-bond acceptors (Lipinski definition) is 2. The van der Waals surface area contributed by atoms with E-state index in [-0.39, 0.29) is 12.5 Å². The minimum atomic E-state index is 0.0952. The molecule has 0 bridgehead atoms.